The minimum absolute atomic E-state index is 0.00266. The van der Waals surface area contributed by atoms with E-state index in [4.69, 9.17) is 4.74 Å². The summed E-state index contributed by atoms with van der Waals surface area (Å²) in [5.41, 5.74) is 0. The number of allylic oxidation sites excluding steroid dienone is 6. The van der Waals surface area contributed by atoms with Crippen molar-refractivity contribution >= 4 is 11.9 Å². The highest BCUT2D eigenvalue weighted by Crippen LogP contribution is 2.16. The lowest BCUT2D eigenvalue weighted by Gasteiger charge is -2.22. The molecule has 0 spiro atoms. The van der Waals surface area contributed by atoms with E-state index in [0.717, 1.165) is 51.4 Å². The molecule has 1 amide bonds. The van der Waals surface area contributed by atoms with Crippen LogP contribution in [-0.2, 0) is 14.3 Å². The zero-order chi connectivity index (χ0) is 45.8. The van der Waals surface area contributed by atoms with E-state index in [1.165, 1.54) is 205 Å². The Balaban J connectivity index is 3.43. The summed E-state index contributed by atoms with van der Waals surface area (Å²) in [6, 6.07) is -0.544. The van der Waals surface area contributed by atoms with Crippen molar-refractivity contribution in [2.45, 2.75) is 302 Å². The minimum atomic E-state index is -0.666. The Kier molecular flexibility index (Phi) is 51.1. The van der Waals surface area contributed by atoms with E-state index in [-0.39, 0.29) is 18.5 Å². The molecule has 6 heteroatoms. The molecule has 6 nitrogen and oxygen atoms in total. The van der Waals surface area contributed by atoms with Crippen LogP contribution in [0.2, 0.25) is 0 Å². The number of aliphatic hydroxyl groups excluding tert-OH is 2. The lowest BCUT2D eigenvalue weighted by molar-refractivity contribution is -0.143. The van der Waals surface area contributed by atoms with Crippen molar-refractivity contribution in [2.24, 2.45) is 0 Å². The molecule has 3 N–H and O–H groups in total. The van der Waals surface area contributed by atoms with Gasteiger partial charge >= 0.3 is 5.97 Å². The van der Waals surface area contributed by atoms with E-state index < -0.39 is 12.1 Å². The molecular weight excluding hydrogens is 779 g/mol. The fraction of sp³-hybridized carbons (Fsp3) is 0.860. The molecule has 0 bridgehead atoms. The molecule has 0 aromatic carbocycles. The third-order valence-electron chi connectivity index (χ3n) is 12.7. The number of amides is 1. The molecule has 0 heterocycles. The number of ether oxygens (including phenoxy) is 1. The monoisotopic (exact) mass is 886 g/mol. The number of carbonyl (C=O) groups is 2. The SMILES string of the molecule is CCCC/C=C\CCCCCCCC(=O)OCCCCCCCCCCC/C=C\C/C=C\CCCCCCCCCCCC(=O)NC(CO)C(O)CCCCCCCCCCCC. The lowest BCUT2D eigenvalue weighted by atomic mass is 10.0. The summed E-state index contributed by atoms with van der Waals surface area (Å²) in [5, 5.41) is 23.1. The summed E-state index contributed by atoms with van der Waals surface area (Å²) in [6.07, 6.45) is 64.3. The smallest absolute Gasteiger partial charge is 0.305 e. The van der Waals surface area contributed by atoms with Crippen molar-refractivity contribution in [1.29, 1.82) is 0 Å². The highest BCUT2D eigenvalue weighted by Gasteiger charge is 2.20. The lowest BCUT2D eigenvalue weighted by Crippen LogP contribution is -2.45. The van der Waals surface area contributed by atoms with Crippen LogP contribution in [0.4, 0.5) is 0 Å². The predicted molar refractivity (Wildman–Crippen MR) is 273 cm³/mol. The maximum Gasteiger partial charge on any atom is 0.305 e. The molecule has 370 valence electrons. The minimum Gasteiger partial charge on any atom is -0.466 e. The Bertz CT molecular complexity index is 1020. The number of esters is 1. The molecule has 0 aliphatic heterocycles. The standard InChI is InChI=1S/C57H107NO5/c1-3-5-7-9-11-13-30-35-39-43-47-51-57(62)63-52-48-44-40-36-32-29-27-25-23-21-19-17-15-16-18-20-22-24-26-28-31-34-38-42-46-50-56(61)58-54(53-59)55(60)49-45-41-37-33-14-12-10-8-6-4-2/h9,11,16-19,54-55,59-60H,3-8,10,12-15,20-53H2,1-2H3,(H,58,61)/b11-9-,18-16-,19-17-. The van der Waals surface area contributed by atoms with Gasteiger partial charge in [-0.15, -0.1) is 0 Å². The normalized spacial score (nSPS) is 12.9. The van der Waals surface area contributed by atoms with Gasteiger partial charge < -0.3 is 20.3 Å². The van der Waals surface area contributed by atoms with Crippen LogP contribution in [0.3, 0.4) is 0 Å². The summed E-state index contributed by atoms with van der Waals surface area (Å²) in [4.78, 5) is 24.4. The second kappa shape index (κ2) is 52.7. The first-order valence-electron chi connectivity index (χ1n) is 27.7. The second-order valence-corrected chi connectivity index (χ2v) is 18.9. The van der Waals surface area contributed by atoms with Gasteiger partial charge in [0, 0.05) is 12.8 Å². The number of carbonyl (C=O) groups excluding carboxylic acids is 2. The average Bonchev–Trinajstić information content (AvgIpc) is 3.28. The van der Waals surface area contributed by atoms with Crippen LogP contribution in [0.5, 0.6) is 0 Å². The molecule has 0 rings (SSSR count). The summed E-state index contributed by atoms with van der Waals surface area (Å²) < 4.78 is 5.45. The molecule has 0 aromatic rings. The Morgan fingerprint density at radius 3 is 1.27 bits per heavy atom. The van der Waals surface area contributed by atoms with Crippen LogP contribution in [0.25, 0.3) is 0 Å². The van der Waals surface area contributed by atoms with Gasteiger partial charge in [0.05, 0.1) is 25.4 Å². The number of unbranched alkanes of at least 4 members (excludes halogenated alkanes) is 34. The maximum atomic E-state index is 12.4. The van der Waals surface area contributed by atoms with E-state index in [1.54, 1.807) is 0 Å². The highest BCUT2D eigenvalue weighted by molar-refractivity contribution is 5.76. The van der Waals surface area contributed by atoms with Crippen molar-refractivity contribution in [3.8, 4) is 0 Å². The number of hydrogen-bond donors (Lipinski definition) is 3. The zero-order valence-electron chi connectivity index (χ0n) is 42.1. The van der Waals surface area contributed by atoms with Gasteiger partial charge in [0.15, 0.2) is 0 Å². The Morgan fingerprint density at radius 1 is 0.444 bits per heavy atom. The van der Waals surface area contributed by atoms with E-state index >= 15 is 0 Å². The van der Waals surface area contributed by atoms with Crippen molar-refractivity contribution in [3.63, 3.8) is 0 Å². The molecule has 0 radical (unpaired) electrons. The Hall–Kier alpha value is -1.92. The second-order valence-electron chi connectivity index (χ2n) is 18.9. The molecule has 2 unspecified atom stereocenters. The van der Waals surface area contributed by atoms with Gasteiger partial charge in [-0.2, -0.15) is 0 Å². The number of nitrogens with one attached hydrogen (secondary N) is 1. The van der Waals surface area contributed by atoms with Gasteiger partial charge in [-0.1, -0.05) is 237 Å². The Morgan fingerprint density at radius 2 is 0.810 bits per heavy atom. The van der Waals surface area contributed by atoms with E-state index in [1.807, 2.05) is 0 Å². The zero-order valence-corrected chi connectivity index (χ0v) is 42.1. The van der Waals surface area contributed by atoms with E-state index in [0.29, 0.717) is 25.9 Å². The quantitative estimate of drug-likeness (QED) is 0.0321. The molecule has 2 atom stereocenters. The van der Waals surface area contributed by atoms with Crippen molar-refractivity contribution in [1.82, 2.24) is 5.32 Å². The predicted octanol–water partition coefficient (Wildman–Crippen LogP) is 16.9. The third-order valence-corrected chi connectivity index (χ3v) is 12.7. The maximum absolute atomic E-state index is 12.4. The molecule has 0 saturated heterocycles. The van der Waals surface area contributed by atoms with Crippen molar-refractivity contribution in [2.75, 3.05) is 13.2 Å². The van der Waals surface area contributed by atoms with Crippen LogP contribution >= 0.6 is 0 Å². The number of hydrogen-bond acceptors (Lipinski definition) is 5. The summed E-state index contributed by atoms with van der Waals surface area (Å²) in [6.45, 7) is 4.89. The van der Waals surface area contributed by atoms with Gasteiger partial charge in [0.25, 0.3) is 0 Å². The van der Waals surface area contributed by atoms with Gasteiger partial charge in [0.2, 0.25) is 5.91 Å². The fourth-order valence-corrected chi connectivity index (χ4v) is 8.36. The third kappa shape index (κ3) is 49.4. The molecule has 0 aliphatic rings. The van der Waals surface area contributed by atoms with Crippen molar-refractivity contribution in [3.05, 3.63) is 36.5 Å². The van der Waals surface area contributed by atoms with Gasteiger partial charge in [0.1, 0.15) is 0 Å². The Labute approximate surface area is 392 Å². The number of aliphatic hydroxyl groups is 2. The molecule has 0 fully saturated rings. The topological polar surface area (TPSA) is 95.9 Å². The summed E-state index contributed by atoms with van der Waals surface area (Å²) in [7, 11) is 0. The number of rotatable bonds is 51. The molecule has 0 saturated carbocycles. The van der Waals surface area contributed by atoms with Crippen LogP contribution < -0.4 is 5.32 Å². The van der Waals surface area contributed by atoms with Gasteiger partial charge in [-0.25, -0.2) is 0 Å². The van der Waals surface area contributed by atoms with Gasteiger partial charge in [-0.3, -0.25) is 9.59 Å². The van der Waals surface area contributed by atoms with Crippen LogP contribution in [0, 0.1) is 0 Å². The fourth-order valence-electron chi connectivity index (χ4n) is 8.36. The average molecular weight is 886 g/mol. The highest BCUT2D eigenvalue weighted by atomic mass is 16.5. The molecular formula is C57H107NO5. The first-order valence-corrected chi connectivity index (χ1v) is 27.7. The van der Waals surface area contributed by atoms with Crippen molar-refractivity contribution < 1.29 is 24.5 Å². The van der Waals surface area contributed by atoms with Crippen LogP contribution in [-0.4, -0.2) is 47.4 Å². The van der Waals surface area contributed by atoms with E-state index in [2.05, 4.69) is 55.6 Å². The first kappa shape index (κ1) is 61.1. The molecule has 0 aliphatic carbocycles. The molecule has 0 aromatic heterocycles. The molecule has 63 heavy (non-hydrogen) atoms. The van der Waals surface area contributed by atoms with Crippen LogP contribution in [0.1, 0.15) is 290 Å². The summed E-state index contributed by atoms with van der Waals surface area (Å²) in [5.74, 6) is -0.0458. The van der Waals surface area contributed by atoms with Gasteiger partial charge in [-0.05, 0) is 77.0 Å². The summed E-state index contributed by atoms with van der Waals surface area (Å²) >= 11 is 0. The van der Waals surface area contributed by atoms with E-state index in [9.17, 15) is 19.8 Å². The largest absolute Gasteiger partial charge is 0.466 e. The first-order chi connectivity index (χ1) is 31.0. The van der Waals surface area contributed by atoms with Crippen LogP contribution in [0.15, 0.2) is 36.5 Å².